The molecule has 0 aliphatic rings. The lowest BCUT2D eigenvalue weighted by atomic mass is 9.97. The Morgan fingerprint density at radius 1 is 1.73 bits per heavy atom. The molecule has 1 aromatic heterocycles. The number of aromatic nitrogens is 2. The molecule has 5 heteroatoms. The summed E-state index contributed by atoms with van der Waals surface area (Å²) in [6, 6.07) is 1.93. The van der Waals surface area contributed by atoms with Crippen LogP contribution in [0.3, 0.4) is 0 Å². The van der Waals surface area contributed by atoms with Gasteiger partial charge in [-0.05, 0) is 33.4 Å². The van der Waals surface area contributed by atoms with Crippen molar-refractivity contribution < 1.29 is 4.79 Å². The standard InChI is InChI=1S/C10H18N4O/c1-8-4-6-14(13-8)7-5-10(2,12-3)9(11)15/h4,6,12H,5,7H2,1-3H3,(H2,11,15). The number of rotatable bonds is 5. The number of likely N-dealkylation sites (N-methyl/N-ethyl adjacent to an activating group) is 1. The zero-order valence-corrected chi connectivity index (χ0v) is 9.45. The third-order valence-electron chi connectivity index (χ3n) is 2.71. The van der Waals surface area contributed by atoms with Crippen LogP contribution in [-0.4, -0.2) is 28.3 Å². The van der Waals surface area contributed by atoms with Crippen LogP contribution in [0.15, 0.2) is 12.3 Å². The number of nitrogens with two attached hydrogens (primary N) is 1. The van der Waals surface area contributed by atoms with Crippen LogP contribution in [-0.2, 0) is 11.3 Å². The molecular weight excluding hydrogens is 192 g/mol. The highest BCUT2D eigenvalue weighted by molar-refractivity contribution is 5.84. The molecule has 0 aliphatic heterocycles. The van der Waals surface area contributed by atoms with E-state index in [1.807, 2.05) is 23.9 Å². The van der Waals surface area contributed by atoms with Crippen LogP contribution in [0.25, 0.3) is 0 Å². The molecule has 1 heterocycles. The SMILES string of the molecule is CNC(C)(CCn1ccc(C)n1)C(N)=O. The van der Waals surface area contributed by atoms with Gasteiger partial charge in [0.25, 0.3) is 0 Å². The van der Waals surface area contributed by atoms with E-state index in [9.17, 15) is 4.79 Å². The van der Waals surface area contributed by atoms with E-state index in [0.717, 1.165) is 5.69 Å². The normalized spacial score (nSPS) is 14.9. The number of hydrogen-bond acceptors (Lipinski definition) is 3. The molecule has 0 fully saturated rings. The van der Waals surface area contributed by atoms with E-state index in [1.54, 1.807) is 14.0 Å². The number of hydrogen-bond donors (Lipinski definition) is 2. The van der Waals surface area contributed by atoms with Crippen LogP contribution in [0.5, 0.6) is 0 Å². The lowest BCUT2D eigenvalue weighted by Crippen LogP contribution is -2.52. The van der Waals surface area contributed by atoms with Gasteiger partial charge in [-0.25, -0.2) is 0 Å². The Labute approximate surface area is 89.6 Å². The third kappa shape index (κ3) is 2.79. The molecule has 0 aliphatic carbocycles. The maximum absolute atomic E-state index is 11.2. The first-order valence-corrected chi connectivity index (χ1v) is 4.97. The van der Waals surface area contributed by atoms with Gasteiger partial charge in [-0.15, -0.1) is 0 Å². The number of carbonyl (C=O) groups excluding carboxylic acids is 1. The van der Waals surface area contributed by atoms with Gasteiger partial charge in [0, 0.05) is 12.7 Å². The fourth-order valence-corrected chi connectivity index (χ4v) is 1.30. The molecule has 84 valence electrons. The molecule has 1 unspecified atom stereocenters. The van der Waals surface area contributed by atoms with Gasteiger partial charge < -0.3 is 11.1 Å². The van der Waals surface area contributed by atoms with Gasteiger partial charge in [0.15, 0.2) is 0 Å². The van der Waals surface area contributed by atoms with E-state index in [1.165, 1.54) is 0 Å². The van der Waals surface area contributed by atoms with Crippen molar-refractivity contribution in [3.8, 4) is 0 Å². The van der Waals surface area contributed by atoms with Crippen LogP contribution in [0.2, 0.25) is 0 Å². The van der Waals surface area contributed by atoms with Crippen molar-refractivity contribution in [3.05, 3.63) is 18.0 Å². The first kappa shape index (κ1) is 11.7. The average Bonchev–Trinajstić information content (AvgIpc) is 2.60. The Morgan fingerprint density at radius 2 is 2.40 bits per heavy atom. The van der Waals surface area contributed by atoms with Gasteiger partial charge in [-0.3, -0.25) is 9.48 Å². The zero-order valence-electron chi connectivity index (χ0n) is 9.45. The molecule has 0 radical (unpaired) electrons. The Morgan fingerprint density at radius 3 is 2.80 bits per heavy atom. The lowest BCUT2D eigenvalue weighted by Gasteiger charge is -2.25. The molecule has 1 amide bonds. The van der Waals surface area contributed by atoms with E-state index in [2.05, 4.69) is 10.4 Å². The van der Waals surface area contributed by atoms with Crippen molar-refractivity contribution in [3.63, 3.8) is 0 Å². The fraction of sp³-hybridized carbons (Fsp3) is 0.600. The predicted octanol–water partition coefficient (Wildman–Crippen LogP) is 0.0450. The highest BCUT2D eigenvalue weighted by atomic mass is 16.1. The second-order valence-corrected chi connectivity index (χ2v) is 3.92. The van der Waals surface area contributed by atoms with Gasteiger partial charge in [0.05, 0.1) is 11.2 Å². The Balaban J connectivity index is 2.59. The summed E-state index contributed by atoms with van der Waals surface area (Å²) < 4.78 is 1.81. The molecule has 3 N–H and O–H groups in total. The number of amides is 1. The minimum Gasteiger partial charge on any atom is -0.368 e. The summed E-state index contributed by atoms with van der Waals surface area (Å²) in [6.45, 7) is 4.40. The monoisotopic (exact) mass is 210 g/mol. The third-order valence-corrected chi connectivity index (χ3v) is 2.71. The fourth-order valence-electron chi connectivity index (χ4n) is 1.30. The molecule has 15 heavy (non-hydrogen) atoms. The second kappa shape index (κ2) is 4.44. The largest absolute Gasteiger partial charge is 0.368 e. The number of carbonyl (C=O) groups is 1. The highest BCUT2D eigenvalue weighted by Gasteiger charge is 2.28. The Bertz CT molecular complexity index is 347. The molecule has 0 saturated heterocycles. The molecule has 1 rings (SSSR count). The highest BCUT2D eigenvalue weighted by Crippen LogP contribution is 2.09. The minimum atomic E-state index is -0.667. The Hall–Kier alpha value is -1.36. The van der Waals surface area contributed by atoms with Crippen molar-refractivity contribution in [2.75, 3.05) is 7.05 Å². The summed E-state index contributed by atoms with van der Waals surface area (Å²) in [7, 11) is 1.74. The first-order chi connectivity index (χ1) is 6.98. The Kier molecular flexibility index (Phi) is 3.47. The van der Waals surface area contributed by atoms with E-state index in [4.69, 9.17) is 5.73 Å². The van der Waals surface area contributed by atoms with Gasteiger partial charge >= 0.3 is 0 Å². The van der Waals surface area contributed by atoms with Crippen molar-refractivity contribution in [2.45, 2.75) is 32.4 Å². The van der Waals surface area contributed by atoms with Crippen LogP contribution in [0, 0.1) is 6.92 Å². The van der Waals surface area contributed by atoms with Crippen molar-refractivity contribution >= 4 is 5.91 Å². The summed E-state index contributed by atoms with van der Waals surface area (Å²) in [5.41, 5.74) is 5.63. The van der Waals surface area contributed by atoms with Crippen LogP contribution in [0.1, 0.15) is 19.0 Å². The molecule has 0 bridgehead atoms. The average molecular weight is 210 g/mol. The molecule has 5 nitrogen and oxygen atoms in total. The van der Waals surface area contributed by atoms with Crippen LogP contribution < -0.4 is 11.1 Å². The molecule has 1 aromatic rings. The molecule has 0 aromatic carbocycles. The summed E-state index contributed by atoms with van der Waals surface area (Å²) in [5.74, 6) is -0.339. The van der Waals surface area contributed by atoms with E-state index >= 15 is 0 Å². The van der Waals surface area contributed by atoms with Gasteiger partial charge in [-0.1, -0.05) is 0 Å². The van der Waals surface area contributed by atoms with E-state index in [-0.39, 0.29) is 5.91 Å². The predicted molar refractivity (Wildman–Crippen MR) is 58.2 cm³/mol. The second-order valence-electron chi connectivity index (χ2n) is 3.92. The van der Waals surface area contributed by atoms with E-state index < -0.39 is 5.54 Å². The van der Waals surface area contributed by atoms with Crippen LogP contribution in [0.4, 0.5) is 0 Å². The van der Waals surface area contributed by atoms with Crippen molar-refractivity contribution in [1.82, 2.24) is 15.1 Å². The maximum atomic E-state index is 11.2. The quantitative estimate of drug-likeness (QED) is 0.721. The summed E-state index contributed by atoms with van der Waals surface area (Å²) in [5, 5.41) is 7.18. The smallest absolute Gasteiger partial charge is 0.237 e. The zero-order chi connectivity index (χ0) is 11.5. The molecule has 0 spiro atoms. The number of aryl methyl sites for hydroxylation is 2. The van der Waals surface area contributed by atoms with Gasteiger partial charge in [0.2, 0.25) is 5.91 Å². The summed E-state index contributed by atoms with van der Waals surface area (Å²) in [4.78, 5) is 11.2. The summed E-state index contributed by atoms with van der Waals surface area (Å²) >= 11 is 0. The number of nitrogens with zero attached hydrogens (tertiary/aromatic N) is 2. The number of primary amides is 1. The lowest BCUT2D eigenvalue weighted by molar-refractivity contribution is -0.124. The number of nitrogens with one attached hydrogen (secondary N) is 1. The van der Waals surface area contributed by atoms with Crippen LogP contribution >= 0.6 is 0 Å². The minimum absolute atomic E-state index is 0.339. The molecule has 1 atom stereocenters. The van der Waals surface area contributed by atoms with Crippen molar-refractivity contribution in [1.29, 1.82) is 0 Å². The van der Waals surface area contributed by atoms with Gasteiger partial charge in [-0.2, -0.15) is 5.10 Å². The first-order valence-electron chi connectivity index (χ1n) is 4.97. The van der Waals surface area contributed by atoms with Crippen molar-refractivity contribution in [2.24, 2.45) is 5.73 Å². The molecule has 0 saturated carbocycles. The van der Waals surface area contributed by atoms with E-state index in [0.29, 0.717) is 13.0 Å². The maximum Gasteiger partial charge on any atom is 0.237 e. The topological polar surface area (TPSA) is 72.9 Å². The summed E-state index contributed by atoms with van der Waals surface area (Å²) in [6.07, 6.45) is 2.52. The molecular formula is C10H18N4O. The van der Waals surface area contributed by atoms with Gasteiger partial charge in [0.1, 0.15) is 0 Å².